The minimum atomic E-state index is -4.83. The molecule has 0 N–H and O–H groups in total. The number of aliphatic imine (C=N–C) groups is 1. The van der Waals surface area contributed by atoms with Crippen LogP contribution in [0, 0.1) is 0 Å². The molecule has 1 aromatic rings. The lowest BCUT2D eigenvalue weighted by Gasteiger charge is -2.34. The Balaban J connectivity index is 1.78. The topological polar surface area (TPSA) is 34.1 Å². The van der Waals surface area contributed by atoms with Gasteiger partial charge in [0.25, 0.3) is 0 Å². The molecule has 0 aliphatic carbocycles. The number of halogens is 8. The van der Waals surface area contributed by atoms with Crippen molar-refractivity contribution in [2.45, 2.75) is 30.9 Å². The van der Waals surface area contributed by atoms with Crippen LogP contribution in [0.25, 0.3) is 0 Å². The van der Waals surface area contributed by atoms with E-state index in [2.05, 4.69) is 9.73 Å². The average molecular weight is 440 g/mol. The van der Waals surface area contributed by atoms with Gasteiger partial charge in [0.15, 0.2) is 11.6 Å². The van der Waals surface area contributed by atoms with Crippen LogP contribution in [0.3, 0.4) is 0 Å². The van der Waals surface area contributed by atoms with Gasteiger partial charge in [0.1, 0.15) is 11.3 Å². The number of alkyl halides is 8. The zero-order valence-electron chi connectivity index (χ0n) is 14.8. The predicted octanol–water partition coefficient (Wildman–Crippen LogP) is 4.98. The quantitative estimate of drug-likeness (QED) is 0.609. The molecular formula is C18H12F8N2O2. The summed E-state index contributed by atoms with van der Waals surface area (Å²) in [7, 11) is 0. The molecule has 3 aliphatic heterocycles. The Morgan fingerprint density at radius 2 is 1.83 bits per heavy atom. The molecular weight excluding hydrogens is 428 g/mol. The number of hydrogen-bond donors (Lipinski definition) is 0. The van der Waals surface area contributed by atoms with Gasteiger partial charge in [-0.3, -0.25) is 4.99 Å². The third kappa shape index (κ3) is 3.47. The highest BCUT2D eigenvalue weighted by Crippen LogP contribution is 2.47. The van der Waals surface area contributed by atoms with Gasteiger partial charge in [-0.25, -0.2) is 0 Å². The summed E-state index contributed by atoms with van der Waals surface area (Å²) >= 11 is 0. The lowest BCUT2D eigenvalue weighted by molar-refractivity contribution is -0.137. The van der Waals surface area contributed by atoms with Gasteiger partial charge >= 0.3 is 19.0 Å². The first kappa shape index (κ1) is 20.5. The zero-order valence-corrected chi connectivity index (χ0v) is 14.8. The molecule has 162 valence electrons. The van der Waals surface area contributed by atoms with E-state index in [1.165, 1.54) is 0 Å². The highest BCUT2D eigenvalue weighted by Gasteiger charge is 2.48. The van der Waals surface area contributed by atoms with Crippen molar-refractivity contribution in [2.75, 3.05) is 13.2 Å². The van der Waals surface area contributed by atoms with Crippen molar-refractivity contribution in [3.8, 4) is 5.75 Å². The van der Waals surface area contributed by atoms with Crippen LogP contribution in [0.5, 0.6) is 5.75 Å². The lowest BCUT2D eigenvalue weighted by Crippen LogP contribution is -2.37. The zero-order chi connectivity index (χ0) is 21.9. The van der Waals surface area contributed by atoms with E-state index in [1.807, 2.05) is 0 Å². The van der Waals surface area contributed by atoms with Crippen LogP contribution in [0.2, 0.25) is 0 Å². The Hall–Kier alpha value is -2.79. The highest BCUT2D eigenvalue weighted by atomic mass is 19.4. The summed E-state index contributed by atoms with van der Waals surface area (Å²) in [5.41, 5.74) is -3.21. The third-order valence-electron chi connectivity index (χ3n) is 4.95. The predicted molar refractivity (Wildman–Crippen MR) is 86.7 cm³/mol. The molecule has 3 aliphatic rings. The number of benzene rings is 1. The normalized spacial score (nSPS) is 23.5. The summed E-state index contributed by atoms with van der Waals surface area (Å²) in [6.45, 7) is -3.64. The lowest BCUT2D eigenvalue weighted by atomic mass is 9.85. The molecule has 0 unspecified atom stereocenters. The standard InChI is InChI=1S/C18H12F8N2O2/c19-15(20)30-13-6-10(18(24,25)26)7-28-8-16(27-14(13)28)3-4-29-12-5-9(17(21,22)23)1-2-11(12)16/h1-2,5-7,15H,3-4,8H2/t16-/m1/s1. The maximum absolute atomic E-state index is 13.2. The van der Waals surface area contributed by atoms with E-state index in [1.54, 1.807) is 0 Å². The van der Waals surface area contributed by atoms with Crippen molar-refractivity contribution in [2.24, 2.45) is 4.99 Å². The smallest absolute Gasteiger partial charge is 0.417 e. The molecule has 4 nitrogen and oxygen atoms in total. The highest BCUT2D eigenvalue weighted by molar-refractivity contribution is 6.00. The number of rotatable bonds is 2. The third-order valence-corrected chi connectivity index (χ3v) is 4.95. The maximum atomic E-state index is 13.2. The van der Waals surface area contributed by atoms with Gasteiger partial charge in [0.2, 0.25) is 0 Å². The molecule has 0 aromatic heterocycles. The molecule has 0 fully saturated rings. The minimum absolute atomic E-state index is 0.0521. The molecule has 3 heterocycles. The van der Waals surface area contributed by atoms with Gasteiger partial charge in [-0.15, -0.1) is 0 Å². The first-order valence-corrected chi connectivity index (χ1v) is 8.56. The van der Waals surface area contributed by atoms with Crippen molar-refractivity contribution < 1.29 is 44.6 Å². The first-order chi connectivity index (χ1) is 13.9. The van der Waals surface area contributed by atoms with Gasteiger partial charge < -0.3 is 14.4 Å². The van der Waals surface area contributed by atoms with E-state index in [4.69, 9.17) is 4.74 Å². The Morgan fingerprint density at radius 1 is 1.10 bits per heavy atom. The number of hydrogen-bond acceptors (Lipinski definition) is 4. The fourth-order valence-electron chi connectivity index (χ4n) is 3.66. The number of amidine groups is 1. The molecule has 1 spiro atoms. The number of ether oxygens (including phenoxy) is 2. The molecule has 1 aromatic carbocycles. The molecule has 1 atom stereocenters. The molecule has 0 bridgehead atoms. The van der Waals surface area contributed by atoms with E-state index in [-0.39, 0.29) is 36.7 Å². The first-order valence-electron chi connectivity index (χ1n) is 8.56. The second-order valence-corrected chi connectivity index (χ2v) is 6.87. The van der Waals surface area contributed by atoms with Crippen molar-refractivity contribution in [3.05, 3.63) is 52.9 Å². The van der Waals surface area contributed by atoms with E-state index >= 15 is 0 Å². The molecule has 0 saturated heterocycles. The molecule has 0 saturated carbocycles. The molecule has 30 heavy (non-hydrogen) atoms. The molecule has 12 heteroatoms. The molecule has 0 radical (unpaired) electrons. The van der Waals surface area contributed by atoms with Gasteiger partial charge in [0.05, 0.1) is 24.3 Å². The number of fused-ring (bicyclic) bond motifs is 3. The summed E-state index contributed by atoms with van der Waals surface area (Å²) < 4.78 is 114. The summed E-state index contributed by atoms with van der Waals surface area (Å²) in [4.78, 5) is 5.35. The summed E-state index contributed by atoms with van der Waals surface area (Å²) in [6, 6.07) is 2.75. The Kier molecular flexibility index (Phi) is 4.51. The Labute approximate surface area is 164 Å². The SMILES string of the molecule is FC(F)OC1=CC(C(F)(F)F)=CN2C[C@@]3(CCOc4cc(C(F)(F)F)ccc43)N=C12. The average Bonchev–Trinajstić information content (AvgIpc) is 2.99. The second kappa shape index (κ2) is 6.61. The number of nitrogens with zero attached hydrogens (tertiary/aromatic N) is 2. The van der Waals surface area contributed by atoms with E-state index in [0.717, 1.165) is 23.1 Å². The fraction of sp³-hybridized carbons (Fsp3) is 0.389. The van der Waals surface area contributed by atoms with Crippen LogP contribution in [-0.4, -0.2) is 36.7 Å². The van der Waals surface area contributed by atoms with Crippen molar-refractivity contribution >= 4 is 5.84 Å². The molecule has 4 rings (SSSR count). The van der Waals surface area contributed by atoms with E-state index in [9.17, 15) is 35.1 Å². The number of allylic oxidation sites excluding steroid dienone is 2. The largest absolute Gasteiger partial charge is 0.493 e. The second-order valence-electron chi connectivity index (χ2n) is 6.87. The van der Waals surface area contributed by atoms with Gasteiger partial charge in [-0.1, -0.05) is 6.07 Å². The Bertz CT molecular complexity index is 964. The fourth-order valence-corrected chi connectivity index (χ4v) is 3.66. The van der Waals surface area contributed by atoms with Crippen LogP contribution in [0.15, 0.2) is 46.8 Å². The minimum Gasteiger partial charge on any atom is -0.493 e. The maximum Gasteiger partial charge on any atom is 0.417 e. The van der Waals surface area contributed by atoms with Crippen LogP contribution >= 0.6 is 0 Å². The van der Waals surface area contributed by atoms with Gasteiger partial charge in [0, 0.05) is 18.2 Å². The van der Waals surface area contributed by atoms with Crippen molar-refractivity contribution in [1.82, 2.24) is 4.90 Å². The Morgan fingerprint density at radius 3 is 2.47 bits per heavy atom. The van der Waals surface area contributed by atoms with Crippen LogP contribution in [-0.2, 0) is 16.5 Å². The molecule has 0 amide bonds. The van der Waals surface area contributed by atoms with Gasteiger partial charge in [-0.2, -0.15) is 35.1 Å². The summed E-state index contributed by atoms with van der Waals surface area (Å²) in [6.07, 6.45) is -8.18. The summed E-state index contributed by atoms with van der Waals surface area (Å²) in [5.74, 6) is -1.13. The van der Waals surface area contributed by atoms with Crippen molar-refractivity contribution in [3.63, 3.8) is 0 Å². The van der Waals surface area contributed by atoms with Crippen LogP contribution in [0.4, 0.5) is 35.1 Å². The monoisotopic (exact) mass is 440 g/mol. The van der Waals surface area contributed by atoms with Gasteiger partial charge in [-0.05, 0) is 18.2 Å². The van der Waals surface area contributed by atoms with Crippen LogP contribution < -0.4 is 4.74 Å². The summed E-state index contributed by atoms with van der Waals surface area (Å²) in [5, 5.41) is 0. The van der Waals surface area contributed by atoms with Crippen LogP contribution in [0.1, 0.15) is 17.5 Å². The van der Waals surface area contributed by atoms with Crippen molar-refractivity contribution in [1.29, 1.82) is 0 Å². The van der Waals surface area contributed by atoms with E-state index < -0.39 is 41.4 Å². The van der Waals surface area contributed by atoms with E-state index in [0.29, 0.717) is 12.3 Å².